The maximum atomic E-state index is 12.3. The first kappa shape index (κ1) is 15.8. The van der Waals surface area contributed by atoms with E-state index in [-0.39, 0.29) is 11.8 Å². The first-order chi connectivity index (χ1) is 9.53. The van der Waals surface area contributed by atoms with Crippen LogP contribution in [-0.2, 0) is 16.4 Å². The SMILES string of the molecule is CCCS(=O)(=O)N1CCCCC1Cc1ccc(Cl)cc1. The molecule has 112 valence electrons. The highest BCUT2D eigenvalue weighted by Gasteiger charge is 2.31. The van der Waals surface area contributed by atoms with Gasteiger partial charge in [0.1, 0.15) is 0 Å². The van der Waals surface area contributed by atoms with Gasteiger partial charge in [0, 0.05) is 17.6 Å². The lowest BCUT2D eigenvalue weighted by Crippen LogP contribution is -2.45. The van der Waals surface area contributed by atoms with Gasteiger partial charge in [-0.2, -0.15) is 4.31 Å². The van der Waals surface area contributed by atoms with E-state index in [4.69, 9.17) is 11.6 Å². The standard InChI is InChI=1S/C15H22ClNO2S/c1-2-11-20(18,19)17-10-4-3-5-15(17)12-13-6-8-14(16)9-7-13/h6-9,15H,2-5,10-12H2,1H3. The van der Waals surface area contributed by atoms with E-state index in [0.717, 1.165) is 31.2 Å². The fourth-order valence-corrected chi connectivity index (χ4v) is 4.73. The summed E-state index contributed by atoms with van der Waals surface area (Å²) < 4.78 is 26.4. The Morgan fingerprint density at radius 1 is 1.25 bits per heavy atom. The molecule has 0 amide bonds. The summed E-state index contributed by atoms with van der Waals surface area (Å²) in [6.07, 6.45) is 4.48. The van der Waals surface area contributed by atoms with Crippen LogP contribution in [0.1, 0.15) is 38.2 Å². The Hall–Kier alpha value is -0.580. The monoisotopic (exact) mass is 315 g/mol. The van der Waals surface area contributed by atoms with Crippen molar-refractivity contribution in [2.24, 2.45) is 0 Å². The van der Waals surface area contributed by atoms with Crippen molar-refractivity contribution in [3.8, 4) is 0 Å². The quantitative estimate of drug-likeness (QED) is 0.834. The van der Waals surface area contributed by atoms with Crippen molar-refractivity contribution < 1.29 is 8.42 Å². The van der Waals surface area contributed by atoms with Crippen LogP contribution in [0.2, 0.25) is 5.02 Å². The minimum Gasteiger partial charge on any atom is -0.212 e. The number of hydrogen-bond donors (Lipinski definition) is 0. The average molecular weight is 316 g/mol. The fourth-order valence-electron chi connectivity index (χ4n) is 2.81. The van der Waals surface area contributed by atoms with Crippen LogP contribution < -0.4 is 0 Å². The van der Waals surface area contributed by atoms with Gasteiger partial charge in [-0.15, -0.1) is 0 Å². The molecule has 1 saturated heterocycles. The molecule has 0 aromatic heterocycles. The van der Waals surface area contributed by atoms with Crippen molar-refractivity contribution in [1.29, 1.82) is 0 Å². The maximum absolute atomic E-state index is 12.3. The van der Waals surface area contributed by atoms with Crippen LogP contribution in [0.4, 0.5) is 0 Å². The molecule has 2 rings (SSSR count). The highest BCUT2D eigenvalue weighted by Crippen LogP contribution is 2.24. The van der Waals surface area contributed by atoms with E-state index >= 15 is 0 Å². The molecular weight excluding hydrogens is 294 g/mol. The van der Waals surface area contributed by atoms with Crippen molar-refractivity contribution in [3.05, 3.63) is 34.9 Å². The molecule has 0 spiro atoms. The van der Waals surface area contributed by atoms with Crippen LogP contribution in [0, 0.1) is 0 Å². The van der Waals surface area contributed by atoms with Gasteiger partial charge in [-0.3, -0.25) is 0 Å². The van der Waals surface area contributed by atoms with E-state index in [1.807, 2.05) is 31.2 Å². The summed E-state index contributed by atoms with van der Waals surface area (Å²) >= 11 is 5.89. The molecule has 0 N–H and O–H groups in total. The van der Waals surface area contributed by atoms with Gasteiger partial charge in [0.25, 0.3) is 0 Å². The molecule has 20 heavy (non-hydrogen) atoms. The first-order valence-electron chi connectivity index (χ1n) is 7.27. The molecule has 3 nitrogen and oxygen atoms in total. The number of hydrogen-bond acceptors (Lipinski definition) is 2. The van der Waals surface area contributed by atoms with Gasteiger partial charge in [0.05, 0.1) is 5.75 Å². The van der Waals surface area contributed by atoms with Gasteiger partial charge in [-0.25, -0.2) is 8.42 Å². The van der Waals surface area contributed by atoms with E-state index < -0.39 is 10.0 Å². The smallest absolute Gasteiger partial charge is 0.212 e. The Labute approximate surface area is 127 Å². The summed E-state index contributed by atoms with van der Waals surface area (Å²) in [6, 6.07) is 7.81. The summed E-state index contributed by atoms with van der Waals surface area (Å²) in [6.45, 7) is 2.58. The van der Waals surface area contributed by atoms with E-state index in [2.05, 4.69) is 0 Å². The van der Waals surface area contributed by atoms with Crippen LogP contribution in [0.5, 0.6) is 0 Å². The molecule has 1 aliphatic heterocycles. The number of benzene rings is 1. The second kappa shape index (κ2) is 6.92. The molecule has 1 aromatic carbocycles. The Morgan fingerprint density at radius 2 is 1.95 bits per heavy atom. The van der Waals surface area contributed by atoms with Gasteiger partial charge in [0.15, 0.2) is 0 Å². The molecule has 5 heteroatoms. The summed E-state index contributed by atoms with van der Waals surface area (Å²) in [5.41, 5.74) is 1.15. The van der Waals surface area contributed by atoms with E-state index in [0.29, 0.717) is 18.0 Å². The van der Waals surface area contributed by atoms with Crippen molar-refractivity contribution in [3.63, 3.8) is 0 Å². The molecule has 1 aromatic rings. The van der Waals surface area contributed by atoms with Crippen LogP contribution in [0.15, 0.2) is 24.3 Å². The second-order valence-corrected chi connectivity index (χ2v) is 7.88. The largest absolute Gasteiger partial charge is 0.214 e. The number of rotatable bonds is 5. The topological polar surface area (TPSA) is 37.4 Å². The third-order valence-corrected chi connectivity index (χ3v) is 6.15. The van der Waals surface area contributed by atoms with Crippen LogP contribution in [0.25, 0.3) is 0 Å². The molecule has 1 fully saturated rings. The number of piperidine rings is 1. The van der Waals surface area contributed by atoms with Gasteiger partial charge >= 0.3 is 0 Å². The maximum Gasteiger partial charge on any atom is 0.214 e. The molecular formula is C15H22ClNO2S. The molecule has 0 aliphatic carbocycles. The second-order valence-electron chi connectivity index (χ2n) is 5.41. The molecule has 0 radical (unpaired) electrons. The number of halogens is 1. The number of nitrogens with zero attached hydrogens (tertiary/aromatic N) is 1. The lowest BCUT2D eigenvalue weighted by atomic mass is 9.98. The predicted molar refractivity (Wildman–Crippen MR) is 83.6 cm³/mol. The van der Waals surface area contributed by atoms with Gasteiger partial charge in [-0.05, 0) is 43.4 Å². The fraction of sp³-hybridized carbons (Fsp3) is 0.600. The molecule has 1 atom stereocenters. The van der Waals surface area contributed by atoms with Gasteiger partial charge in [-0.1, -0.05) is 37.1 Å². The first-order valence-corrected chi connectivity index (χ1v) is 9.25. The molecule has 0 bridgehead atoms. The van der Waals surface area contributed by atoms with E-state index in [1.54, 1.807) is 4.31 Å². The highest BCUT2D eigenvalue weighted by molar-refractivity contribution is 7.89. The average Bonchev–Trinajstić information content (AvgIpc) is 2.42. The Kier molecular flexibility index (Phi) is 5.47. The summed E-state index contributed by atoms with van der Waals surface area (Å²) in [5, 5.41) is 0.716. The molecule has 1 aliphatic rings. The third-order valence-electron chi connectivity index (χ3n) is 3.78. The zero-order valence-electron chi connectivity index (χ0n) is 11.9. The summed E-state index contributed by atoms with van der Waals surface area (Å²) in [7, 11) is -3.10. The summed E-state index contributed by atoms with van der Waals surface area (Å²) in [5.74, 6) is 0.254. The lowest BCUT2D eigenvalue weighted by molar-refractivity contribution is 0.251. The van der Waals surface area contributed by atoms with Crippen LogP contribution in [0.3, 0.4) is 0 Å². The zero-order valence-corrected chi connectivity index (χ0v) is 13.5. The molecule has 0 saturated carbocycles. The highest BCUT2D eigenvalue weighted by atomic mass is 35.5. The zero-order chi connectivity index (χ0) is 14.6. The van der Waals surface area contributed by atoms with E-state index in [9.17, 15) is 8.42 Å². The Bertz CT molecular complexity index is 527. The third kappa shape index (κ3) is 3.96. The Morgan fingerprint density at radius 3 is 2.60 bits per heavy atom. The normalized spacial score (nSPS) is 21.0. The van der Waals surface area contributed by atoms with Gasteiger partial charge in [0.2, 0.25) is 10.0 Å². The number of sulfonamides is 1. The van der Waals surface area contributed by atoms with Crippen molar-refractivity contribution in [2.75, 3.05) is 12.3 Å². The van der Waals surface area contributed by atoms with Gasteiger partial charge < -0.3 is 0 Å². The lowest BCUT2D eigenvalue weighted by Gasteiger charge is -2.34. The molecule has 1 heterocycles. The minimum atomic E-state index is -3.10. The summed E-state index contributed by atoms with van der Waals surface area (Å²) in [4.78, 5) is 0. The van der Waals surface area contributed by atoms with Crippen LogP contribution in [-0.4, -0.2) is 31.1 Å². The molecule has 1 unspecified atom stereocenters. The minimum absolute atomic E-state index is 0.0986. The Balaban J connectivity index is 2.13. The van der Waals surface area contributed by atoms with Crippen molar-refractivity contribution in [1.82, 2.24) is 4.31 Å². The van der Waals surface area contributed by atoms with Crippen molar-refractivity contribution >= 4 is 21.6 Å². The van der Waals surface area contributed by atoms with Crippen LogP contribution >= 0.6 is 11.6 Å². The van der Waals surface area contributed by atoms with Crippen molar-refractivity contribution in [2.45, 2.75) is 45.1 Å². The predicted octanol–water partition coefficient (Wildman–Crippen LogP) is 3.48. The van der Waals surface area contributed by atoms with E-state index in [1.165, 1.54) is 0 Å².